The van der Waals surface area contributed by atoms with Crippen molar-refractivity contribution < 1.29 is 19.3 Å². The van der Waals surface area contributed by atoms with Gasteiger partial charge in [0, 0.05) is 23.4 Å². The molecular formula is C25H21NO4. The highest BCUT2D eigenvalue weighted by molar-refractivity contribution is 5.78. The molecule has 1 aromatic heterocycles. The largest absolute Gasteiger partial charge is 0.493 e. The fourth-order valence-electron chi connectivity index (χ4n) is 3.62. The van der Waals surface area contributed by atoms with Gasteiger partial charge in [-0.25, -0.2) is 4.98 Å². The highest BCUT2D eigenvalue weighted by atomic mass is 16.5. The number of pyridine rings is 1. The Bertz CT molecular complexity index is 1160. The van der Waals surface area contributed by atoms with E-state index in [1.807, 2.05) is 78.9 Å². The van der Waals surface area contributed by atoms with Crippen LogP contribution in [0.15, 0.2) is 84.9 Å². The Hall–Kier alpha value is -3.57. The maximum absolute atomic E-state index is 11.0. The van der Waals surface area contributed by atoms with Crippen molar-refractivity contribution in [2.45, 2.75) is 18.6 Å². The Morgan fingerprint density at radius 3 is 2.60 bits per heavy atom. The Morgan fingerprint density at radius 2 is 1.70 bits per heavy atom. The number of hydrogen-bond acceptors (Lipinski definition) is 5. The first-order chi connectivity index (χ1) is 14.8. The molecule has 150 valence electrons. The molecule has 30 heavy (non-hydrogen) atoms. The van der Waals surface area contributed by atoms with Gasteiger partial charge in [-0.3, -0.25) is 0 Å². The molecule has 5 heteroatoms. The summed E-state index contributed by atoms with van der Waals surface area (Å²) in [7, 11) is 0. The van der Waals surface area contributed by atoms with Crippen molar-refractivity contribution in [3.8, 4) is 23.1 Å². The molecule has 0 amide bonds. The Labute approximate surface area is 174 Å². The van der Waals surface area contributed by atoms with Gasteiger partial charge >= 0.3 is 0 Å². The minimum absolute atomic E-state index is 0.414. The third-order valence-corrected chi connectivity index (χ3v) is 5.14. The number of ether oxygens (including phenoxy) is 3. The van der Waals surface area contributed by atoms with Crippen LogP contribution in [-0.4, -0.2) is 22.8 Å². The molecule has 1 N–H and O–H groups in total. The number of fused-ring (bicyclic) bond motifs is 2. The molecule has 0 aliphatic carbocycles. The van der Waals surface area contributed by atoms with E-state index in [0.29, 0.717) is 36.0 Å². The van der Waals surface area contributed by atoms with Gasteiger partial charge in [0.2, 0.25) is 5.88 Å². The molecule has 0 spiro atoms. The first kappa shape index (κ1) is 18.5. The molecule has 0 fully saturated rings. The molecule has 5 rings (SSSR count). The first-order valence-corrected chi connectivity index (χ1v) is 9.96. The van der Waals surface area contributed by atoms with Crippen molar-refractivity contribution in [3.63, 3.8) is 0 Å². The molecule has 0 saturated heterocycles. The van der Waals surface area contributed by atoms with Crippen LogP contribution in [0.1, 0.15) is 18.1 Å². The van der Waals surface area contributed by atoms with Gasteiger partial charge in [0.05, 0.1) is 12.1 Å². The summed E-state index contributed by atoms with van der Waals surface area (Å²) in [6.45, 7) is 0.466. The third kappa shape index (κ3) is 3.80. The van der Waals surface area contributed by atoms with E-state index in [-0.39, 0.29) is 0 Å². The average molecular weight is 399 g/mol. The molecule has 0 saturated carbocycles. The number of aromatic nitrogens is 1. The molecule has 4 aromatic rings. The number of hydrogen-bond donors (Lipinski definition) is 1. The smallest absolute Gasteiger partial charge is 0.219 e. The SMILES string of the molecule is O[C@@H]1c2cc(Oc3ccc4ccccc4n3)ccc2OCC[C@@H]1Oc1ccccc1. The second-order valence-corrected chi connectivity index (χ2v) is 7.20. The molecule has 0 unspecified atom stereocenters. The van der Waals surface area contributed by atoms with E-state index in [4.69, 9.17) is 14.2 Å². The van der Waals surface area contributed by atoms with Gasteiger partial charge in [-0.05, 0) is 42.5 Å². The maximum atomic E-state index is 11.0. The normalized spacial score (nSPS) is 18.2. The zero-order valence-electron chi connectivity index (χ0n) is 16.3. The number of rotatable bonds is 4. The highest BCUT2D eigenvalue weighted by Crippen LogP contribution is 2.37. The lowest BCUT2D eigenvalue weighted by atomic mass is 10.0. The minimum Gasteiger partial charge on any atom is -0.493 e. The van der Waals surface area contributed by atoms with Crippen LogP contribution in [-0.2, 0) is 0 Å². The van der Waals surface area contributed by atoms with Crippen LogP contribution < -0.4 is 14.2 Å². The van der Waals surface area contributed by atoms with Crippen LogP contribution in [0.4, 0.5) is 0 Å². The fourth-order valence-corrected chi connectivity index (χ4v) is 3.62. The number of aliphatic hydroxyl groups is 1. The topological polar surface area (TPSA) is 60.8 Å². The van der Waals surface area contributed by atoms with Crippen molar-refractivity contribution in [2.75, 3.05) is 6.61 Å². The van der Waals surface area contributed by atoms with Gasteiger partial charge in [0.1, 0.15) is 29.5 Å². The monoisotopic (exact) mass is 399 g/mol. The van der Waals surface area contributed by atoms with Crippen LogP contribution in [0.5, 0.6) is 23.1 Å². The fraction of sp³-hybridized carbons (Fsp3) is 0.160. The lowest BCUT2D eigenvalue weighted by Gasteiger charge is -2.22. The molecule has 2 atom stereocenters. The molecule has 3 aromatic carbocycles. The highest BCUT2D eigenvalue weighted by Gasteiger charge is 2.29. The van der Waals surface area contributed by atoms with Crippen molar-refractivity contribution in [3.05, 3.63) is 90.5 Å². The molecule has 1 aliphatic rings. The Kier molecular flexibility index (Phi) is 4.95. The molecule has 0 bridgehead atoms. The lowest BCUT2D eigenvalue weighted by Crippen LogP contribution is -2.25. The average Bonchev–Trinajstić information content (AvgIpc) is 2.93. The van der Waals surface area contributed by atoms with Crippen molar-refractivity contribution >= 4 is 10.9 Å². The van der Waals surface area contributed by atoms with E-state index in [1.54, 1.807) is 6.07 Å². The van der Waals surface area contributed by atoms with Gasteiger partial charge in [-0.2, -0.15) is 0 Å². The predicted molar refractivity (Wildman–Crippen MR) is 114 cm³/mol. The summed E-state index contributed by atoms with van der Waals surface area (Å²) in [6, 6.07) is 26.6. The number of para-hydroxylation sites is 2. The van der Waals surface area contributed by atoms with E-state index in [2.05, 4.69) is 4.98 Å². The molecular weight excluding hydrogens is 378 g/mol. The van der Waals surface area contributed by atoms with Crippen molar-refractivity contribution in [1.29, 1.82) is 0 Å². The van der Waals surface area contributed by atoms with Gasteiger partial charge in [0.25, 0.3) is 0 Å². The molecule has 1 aliphatic heterocycles. The Morgan fingerprint density at radius 1 is 0.867 bits per heavy atom. The van der Waals surface area contributed by atoms with Crippen molar-refractivity contribution in [2.24, 2.45) is 0 Å². The maximum Gasteiger partial charge on any atom is 0.219 e. The summed E-state index contributed by atoms with van der Waals surface area (Å²) in [5, 5.41) is 12.1. The van der Waals surface area contributed by atoms with Crippen molar-refractivity contribution in [1.82, 2.24) is 4.98 Å². The standard InChI is InChI=1S/C25H21NO4/c27-25-20-16-19(30-24-13-10-17-6-4-5-9-21(17)26-24)11-12-22(20)28-15-14-23(25)29-18-7-2-1-3-8-18/h1-13,16,23,25,27H,14-15H2/t23-,25+/m0/s1. The summed E-state index contributed by atoms with van der Waals surface area (Å²) in [5.41, 5.74) is 1.51. The number of nitrogens with zero attached hydrogens (tertiary/aromatic N) is 1. The third-order valence-electron chi connectivity index (χ3n) is 5.14. The van der Waals surface area contributed by atoms with E-state index >= 15 is 0 Å². The van der Waals surface area contributed by atoms with E-state index < -0.39 is 12.2 Å². The quantitative estimate of drug-likeness (QED) is 0.505. The molecule has 5 nitrogen and oxygen atoms in total. The van der Waals surface area contributed by atoms with Crippen LogP contribution >= 0.6 is 0 Å². The van der Waals surface area contributed by atoms with Gasteiger partial charge in [-0.15, -0.1) is 0 Å². The van der Waals surface area contributed by atoms with Crippen LogP contribution in [0.25, 0.3) is 10.9 Å². The summed E-state index contributed by atoms with van der Waals surface area (Å²) in [5.74, 6) is 2.44. The minimum atomic E-state index is -0.837. The lowest BCUT2D eigenvalue weighted by molar-refractivity contribution is 0.0312. The van der Waals surface area contributed by atoms with E-state index in [1.165, 1.54) is 0 Å². The summed E-state index contributed by atoms with van der Waals surface area (Å²) in [6.07, 6.45) is -0.675. The number of benzene rings is 3. The Balaban J connectivity index is 1.40. The molecule has 2 heterocycles. The van der Waals surface area contributed by atoms with Gasteiger partial charge < -0.3 is 19.3 Å². The summed E-state index contributed by atoms with van der Waals surface area (Å²) in [4.78, 5) is 4.55. The van der Waals surface area contributed by atoms with E-state index in [0.717, 1.165) is 16.7 Å². The van der Waals surface area contributed by atoms with Crippen LogP contribution in [0, 0.1) is 0 Å². The first-order valence-electron chi connectivity index (χ1n) is 9.96. The zero-order valence-corrected chi connectivity index (χ0v) is 16.3. The van der Waals surface area contributed by atoms with Gasteiger partial charge in [-0.1, -0.05) is 36.4 Å². The van der Waals surface area contributed by atoms with Gasteiger partial charge in [0.15, 0.2) is 0 Å². The second-order valence-electron chi connectivity index (χ2n) is 7.20. The predicted octanol–water partition coefficient (Wildman–Crippen LogP) is 5.29. The zero-order chi connectivity index (χ0) is 20.3. The van der Waals surface area contributed by atoms with Crippen LogP contribution in [0.3, 0.4) is 0 Å². The van der Waals surface area contributed by atoms with E-state index in [9.17, 15) is 5.11 Å². The van der Waals surface area contributed by atoms with Crippen LogP contribution in [0.2, 0.25) is 0 Å². The summed E-state index contributed by atoms with van der Waals surface area (Å²) < 4.78 is 17.8. The molecule has 0 radical (unpaired) electrons. The summed E-state index contributed by atoms with van der Waals surface area (Å²) >= 11 is 0. The number of aliphatic hydroxyl groups excluding tert-OH is 1. The second kappa shape index (κ2) is 8.05.